The first-order valence-corrected chi connectivity index (χ1v) is 17.8. The van der Waals surface area contributed by atoms with Gasteiger partial charge in [0.15, 0.2) is 0 Å². The Morgan fingerprint density at radius 2 is 0.842 bits per heavy atom. The number of unbranched alkanes of at least 4 members (excludes halogenated alkanes) is 21. The van der Waals surface area contributed by atoms with Crippen molar-refractivity contribution in [3.8, 4) is 0 Å². The zero-order valence-electron chi connectivity index (χ0n) is 26.8. The van der Waals surface area contributed by atoms with Gasteiger partial charge < -0.3 is 0 Å². The summed E-state index contributed by atoms with van der Waals surface area (Å²) in [7, 11) is 0. The molecular weight excluding hydrogens is 460 g/mol. The lowest BCUT2D eigenvalue weighted by Gasteiger charge is -2.17. The molecule has 2 unspecified atom stereocenters. The Bertz CT molecular complexity index is 592. The number of hydrogen-bond donors (Lipinski definition) is 1. The van der Waals surface area contributed by atoms with Crippen molar-refractivity contribution in [3.05, 3.63) is 18.2 Å². The Morgan fingerprint density at radius 3 is 1.26 bits per heavy atom. The van der Waals surface area contributed by atoms with Crippen LogP contribution in [0, 0.1) is 0 Å². The minimum absolute atomic E-state index is 0.622. The average molecular weight is 532 g/mol. The van der Waals surface area contributed by atoms with Crippen LogP contribution in [0.15, 0.2) is 12.4 Å². The third kappa shape index (κ3) is 18.5. The third-order valence-corrected chi connectivity index (χ3v) is 8.89. The molecule has 2 atom stereocenters. The molecule has 0 bridgehead atoms. The van der Waals surface area contributed by atoms with Gasteiger partial charge in [-0.25, -0.2) is 9.55 Å². The molecular formula is C36H71N2+. The molecule has 1 heterocycles. The third-order valence-electron chi connectivity index (χ3n) is 8.89. The summed E-state index contributed by atoms with van der Waals surface area (Å²) in [5.74, 6) is 2.24. The second kappa shape index (κ2) is 26.4. The van der Waals surface area contributed by atoms with Crippen LogP contribution in [0.3, 0.4) is 0 Å². The summed E-state index contributed by atoms with van der Waals surface area (Å²) >= 11 is 0. The summed E-state index contributed by atoms with van der Waals surface area (Å²) in [6, 6.07) is 0.622. The van der Waals surface area contributed by atoms with E-state index < -0.39 is 0 Å². The largest absolute Gasteiger partial charge is 0.257 e. The Morgan fingerprint density at radius 1 is 0.500 bits per heavy atom. The number of imidazole rings is 1. The van der Waals surface area contributed by atoms with Crippen LogP contribution in [0.1, 0.15) is 219 Å². The molecule has 1 aromatic heterocycles. The van der Waals surface area contributed by atoms with Crippen molar-refractivity contribution in [1.82, 2.24) is 4.98 Å². The van der Waals surface area contributed by atoms with Crippen LogP contribution >= 0.6 is 0 Å². The van der Waals surface area contributed by atoms with E-state index in [1.807, 2.05) is 0 Å². The molecule has 0 saturated carbocycles. The average Bonchev–Trinajstić information content (AvgIpc) is 3.42. The van der Waals surface area contributed by atoms with E-state index in [0.717, 1.165) is 0 Å². The molecule has 224 valence electrons. The van der Waals surface area contributed by atoms with Gasteiger partial charge in [0.2, 0.25) is 0 Å². The van der Waals surface area contributed by atoms with Gasteiger partial charge in [0.25, 0.3) is 5.82 Å². The van der Waals surface area contributed by atoms with Crippen molar-refractivity contribution in [2.24, 2.45) is 0 Å². The van der Waals surface area contributed by atoms with Gasteiger partial charge in [-0.05, 0) is 32.6 Å². The van der Waals surface area contributed by atoms with Crippen molar-refractivity contribution in [2.75, 3.05) is 0 Å². The summed E-state index contributed by atoms with van der Waals surface area (Å²) in [5.41, 5.74) is 0. The normalized spacial score (nSPS) is 13.3. The van der Waals surface area contributed by atoms with E-state index in [2.05, 4.69) is 49.6 Å². The van der Waals surface area contributed by atoms with Crippen LogP contribution in [-0.4, -0.2) is 4.98 Å². The SMILES string of the molecule is CCCCCCCCCCCCCCCC(CCCCCC)c1[nH]cc[n+]1C(C)CCCCCCCCC. The molecule has 0 saturated heterocycles. The number of nitrogens with one attached hydrogen (secondary N) is 1. The van der Waals surface area contributed by atoms with E-state index in [4.69, 9.17) is 0 Å². The molecule has 0 spiro atoms. The van der Waals surface area contributed by atoms with Crippen LogP contribution in [0.4, 0.5) is 0 Å². The standard InChI is InChI=1S/C36H70N2/c1-5-8-11-14-16-17-18-19-20-21-23-25-28-31-35(30-27-13-10-7-3)36-37-32-33-38(36)34(4)29-26-24-22-15-12-9-6-2/h32-35H,5-31H2,1-4H3/p+1. The Balaban J connectivity index is 2.34. The van der Waals surface area contributed by atoms with E-state index in [-0.39, 0.29) is 0 Å². The second-order valence-electron chi connectivity index (χ2n) is 12.6. The van der Waals surface area contributed by atoms with Crippen molar-refractivity contribution in [3.63, 3.8) is 0 Å². The highest BCUT2D eigenvalue weighted by atomic mass is 15.1. The fraction of sp³-hybridized carbons (Fsp3) is 0.917. The number of H-pyrrole nitrogens is 1. The van der Waals surface area contributed by atoms with Crippen molar-refractivity contribution in [2.45, 2.75) is 213 Å². The predicted molar refractivity (Wildman–Crippen MR) is 170 cm³/mol. The molecule has 2 heteroatoms. The van der Waals surface area contributed by atoms with E-state index in [1.54, 1.807) is 0 Å². The van der Waals surface area contributed by atoms with E-state index in [9.17, 15) is 0 Å². The van der Waals surface area contributed by atoms with Crippen molar-refractivity contribution in [1.29, 1.82) is 0 Å². The number of aromatic nitrogens is 2. The predicted octanol–water partition coefficient (Wildman–Crippen LogP) is 12.5. The van der Waals surface area contributed by atoms with Crippen LogP contribution in [0.25, 0.3) is 0 Å². The maximum Gasteiger partial charge on any atom is 0.257 e. The van der Waals surface area contributed by atoms with Gasteiger partial charge in [0.05, 0.1) is 12.0 Å². The van der Waals surface area contributed by atoms with Crippen molar-refractivity contribution >= 4 is 0 Å². The molecule has 38 heavy (non-hydrogen) atoms. The fourth-order valence-electron chi connectivity index (χ4n) is 6.25. The van der Waals surface area contributed by atoms with Crippen LogP contribution in [0.2, 0.25) is 0 Å². The van der Waals surface area contributed by atoms with Gasteiger partial charge in [-0.1, -0.05) is 168 Å². The highest BCUT2D eigenvalue weighted by Gasteiger charge is 2.25. The molecule has 0 amide bonds. The van der Waals surface area contributed by atoms with Crippen LogP contribution in [-0.2, 0) is 0 Å². The maximum absolute atomic E-state index is 3.71. The smallest absolute Gasteiger partial charge is 0.247 e. The summed E-state index contributed by atoms with van der Waals surface area (Å²) in [6.45, 7) is 9.40. The number of aromatic amines is 1. The summed E-state index contributed by atoms with van der Waals surface area (Å²) in [4.78, 5) is 3.71. The van der Waals surface area contributed by atoms with Crippen LogP contribution in [0.5, 0.6) is 0 Å². The molecule has 1 N–H and O–H groups in total. The van der Waals surface area contributed by atoms with Gasteiger partial charge in [-0.2, -0.15) is 0 Å². The zero-order valence-corrected chi connectivity index (χ0v) is 26.8. The minimum Gasteiger partial charge on any atom is -0.247 e. The Hall–Kier alpha value is -0.790. The summed E-state index contributed by atoms with van der Waals surface area (Å²) < 4.78 is 2.61. The first-order chi connectivity index (χ1) is 18.7. The van der Waals surface area contributed by atoms with Crippen molar-refractivity contribution < 1.29 is 4.57 Å². The minimum atomic E-state index is 0.622. The van der Waals surface area contributed by atoms with Gasteiger partial charge in [-0.3, -0.25) is 0 Å². The Labute approximate surface area is 240 Å². The molecule has 0 aliphatic rings. The van der Waals surface area contributed by atoms with Gasteiger partial charge >= 0.3 is 0 Å². The molecule has 1 aromatic rings. The van der Waals surface area contributed by atoms with Gasteiger partial charge in [0, 0.05) is 0 Å². The lowest BCUT2D eigenvalue weighted by atomic mass is 9.93. The van der Waals surface area contributed by atoms with E-state index >= 15 is 0 Å². The maximum atomic E-state index is 3.71. The second-order valence-corrected chi connectivity index (χ2v) is 12.6. The molecule has 0 aromatic carbocycles. The summed E-state index contributed by atoms with van der Waals surface area (Å²) in [6.07, 6.45) is 42.7. The molecule has 0 radical (unpaired) electrons. The first-order valence-electron chi connectivity index (χ1n) is 17.8. The van der Waals surface area contributed by atoms with Gasteiger partial charge in [-0.15, -0.1) is 0 Å². The van der Waals surface area contributed by atoms with Crippen LogP contribution < -0.4 is 4.57 Å². The number of nitrogens with zero attached hydrogens (tertiary/aromatic N) is 1. The van der Waals surface area contributed by atoms with E-state index in [0.29, 0.717) is 12.0 Å². The van der Waals surface area contributed by atoms with E-state index in [1.165, 1.54) is 179 Å². The molecule has 2 nitrogen and oxygen atoms in total. The lowest BCUT2D eigenvalue weighted by molar-refractivity contribution is -0.727. The number of rotatable bonds is 29. The lowest BCUT2D eigenvalue weighted by Crippen LogP contribution is -2.41. The summed E-state index contributed by atoms with van der Waals surface area (Å²) in [5, 5.41) is 0. The molecule has 0 aliphatic carbocycles. The Kier molecular flexibility index (Phi) is 24.5. The first kappa shape index (κ1) is 35.2. The molecule has 0 fully saturated rings. The topological polar surface area (TPSA) is 19.7 Å². The monoisotopic (exact) mass is 532 g/mol. The molecule has 0 aliphatic heterocycles. The highest BCUT2D eigenvalue weighted by molar-refractivity contribution is 4.90. The highest BCUT2D eigenvalue weighted by Crippen LogP contribution is 2.27. The molecule has 1 rings (SSSR count). The quantitative estimate of drug-likeness (QED) is 0.0783. The van der Waals surface area contributed by atoms with Gasteiger partial charge in [0.1, 0.15) is 12.4 Å². The zero-order chi connectivity index (χ0) is 27.5. The fourth-order valence-corrected chi connectivity index (χ4v) is 6.25. The number of hydrogen-bond acceptors (Lipinski definition) is 0.